The first kappa shape index (κ1) is 11.0. The van der Waals surface area contributed by atoms with Crippen molar-refractivity contribution in [1.82, 2.24) is 0 Å². The number of phenols is 1. The molecular formula is C16H15NO. The Morgan fingerprint density at radius 2 is 1.94 bits per heavy atom. The molecule has 1 N–H and O–H groups in total. The standard InChI is InChI=1S/C16H15NO/c1-10-6-7-12-9-15(17-14(12)8-10)13-5-3-4-11(2)16(13)18/h3-8,18H,9H2,1-2H3. The Morgan fingerprint density at radius 3 is 2.78 bits per heavy atom. The second-order valence-electron chi connectivity index (χ2n) is 4.84. The average molecular weight is 237 g/mol. The molecule has 0 aliphatic carbocycles. The normalized spacial score (nSPS) is 13.3. The van der Waals surface area contributed by atoms with Crippen molar-refractivity contribution in [3.8, 4) is 5.75 Å². The number of aromatic hydroxyl groups is 1. The summed E-state index contributed by atoms with van der Waals surface area (Å²) in [7, 11) is 0. The lowest BCUT2D eigenvalue weighted by atomic mass is 10.0. The van der Waals surface area contributed by atoms with Crippen molar-refractivity contribution < 1.29 is 5.11 Å². The number of aliphatic imine (C=N–C) groups is 1. The van der Waals surface area contributed by atoms with Gasteiger partial charge in [0.1, 0.15) is 5.75 Å². The third-order valence-corrected chi connectivity index (χ3v) is 3.40. The van der Waals surface area contributed by atoms with Crippen LogP contribution in [0.1, 0.15) is 22.3 Å². The van der Waals surface area contributed by atoms with Gasteiger partial charge in [0.05, 0.1) is 11.4 Å². The Balaban J connectivity index is 2.07. The van der Waals surface area contributed by atoms with Crippen LogP contribution in [0.25, 0.3) is 0 Å². The predicted octanol–water partition coefficient (Wildman–Crippen LogP) is 3.69. The summed E-state index contributed by atoms with van der Waals surface area (Å²) in [6.45, 7) is 3.98. The number of aryl methyl sites for hydroxylation is 2. The summed E-state index contributed by atoms with van der Waals surface area (Å²) in [5.41, 5.74) is 6.18. The van der Waals surface area contributed by atoms with Gasteiger partial charge in [0.2, 0.25) is 0 Å². The number of para-hydroxylation sites is 1. The van der Waals surface area contributed by atoms with Gasteiger partial charge < -0.3 is 5.11 Å². The molecule has 90 valence electrons. The van der Waals surface area contributed by atoms with Gasteiger partial charge in [-0.1, -0.05) is 24.3 Å². The topological polar surface area (TPSA) is 32.6 Å². The second-order valence-corrected chi connectivity index (χ2v) is 4.84. The highest BCUT2D eigenvalue weighted by Gasteiger charge is 2.18. The summed E-state index contributed by atoms with van der Waals surface area (Å²) in [4.78, 5) is 4.64. The Kier molecular flexibility index (Phi) is 2.44. The fraction of sp³-hybridized carbons (Fsp3) is 0.188. The van der Waals surface area contributed by atoms with Gasteiger partial charge >= 0.3 is 0 Å². The van der Waals surface area contributed by atoms with Crippen molar-refractivity contribution in [2.45, 2.75) is 20.3 Å². The zero-order valence-corrected chi connectivity index (χ0v) is 10.6. The first-order chi connectivity index (χ1) is 8.65. The van der Waals surface area contributed by atoms with Crippen LogP contribution in [0.2, 0.25) is 0 Å². The maximum Gasteiger partial charge on any atom is 0.127 e. The molecule has 3 rings (SSSR count). The first-order valence-corrected chi connectivity index (χ1v) is 6.11. The average Bonchev–Trinajstić information content (AvgIpc) is 2.75. The van der Waals surface area contributed by atoms with E-state index in [0.717, 1.165) is 28.9 Å². The van der Waals surface area contributed by atoms with Gasteiger partial charge in [-0.25, -0.2) is 0 Å². The molecule has 0 bridgehead atoms. The van der Waals surface area contributed by atoms with Gasteiger partial charge in [-0.05, 0) is 42.7 Å². The van der Waals surface area contributed by atoms with Gasteiger partial charge in [-0.15, -0.1) is 0 Å². The minimum atomic E-state index is 0.348. The lowest BCUT2D eigenvalue weighted by Crippen LogP contribution is -2.01. The zero-order chi connectivity index (χ0) is 12.7. The largest absolute Gasteiger partial charge is 0.507 e. The monoisotopic (exact) mass is 237 g/mol. The molecule has 0 radical (unpaired) electrons. The summed E-state index contributed by atoms with van der Waals surface area (Å²) >= 11 is 0. The van der Waals surface area contributed by atoms with Crippen LogP contribution >= 0.6 is 0 Å². The van der Waals surface area contributed by atoms with E-state index in [4.69, 9.17) is 0 Å². The molecule has 1 aliphatic rings. The quantitative estimate of drug-likeness (QED) is 0.806. The molecular weight excluding hydrogens is 222 g/mol. The van der Waals surface area contributed by atoms with Crippen LogP contribution in [-0.4, -0.2) is 10.8 Å². The molecule has 2 heteroatoms. The van der Waals surface area contributed by atoms with Crippen LogP contribution in [0.15, 0.2) is 41.4 Å². The van der Waals surface area contributed by atoms with Crippen molar-refractivity contribution in [1.29, 1.82) is 0 Å². The third kappa shape index (κ3) is 1.70. The number of rotatable bonds is 1. The van der Waals surface area contributed by atoms with Crippen molar-refractivity contribution >= 4 is 11.4 Å². The Hall–Kier alpha value is -2.09. The van der Waals surface area contributed by atoms with Gasteiger partial charge in [-0.3, -0.25) is 4.99 Å². The summed E-state index contributed by atoms with van der Waals surface area (Å²) in [6, 6.07) is 12.1. The minimum absolute atomic E-state index is 0.348. The number of phenolic OH excluding ortho intramolecular Hbond substituents is 1. The first-order valence-electron chi connectivity index (χ1n) is 6.11. The van der Waals surface area contributed by atoms with Gasteiger partial charge in [-0.2, -0.15) is 0 Å². The molecule has 0 fully saturated rings. The van der Waals surface area contributed by atoms with Gasteiger partial charge in [0, 0.05) is 12.0 Å². The number of hydrogen-bond acceptors (Lipinski definition) is 2. The summed E-state index contributed by atoms with van der Waals surface area (Å²) in [5.74, 6) is 0.348. The number of hydrogen-bond donors (Lipinski definition) is 1. The van der Waals surface area contributed by atoms with Crippen LogP contribution in [0.3, 0.4) is 0 Å². The molecule has 2 aromatic carbocycles. The van der Waals surface area contributed by atoms with Gasteiger partial charge in [0.15, 0.2) is 0 Å². The highest BCUT2D eigenvalue weighted by Crippen LogP contribution is 2.32. The lowest BCUT2D eigenvalue weighted by molar-refractivity contribution is 0.470. The van der Waals surface area contributed by atoms with E-state index in [1.54, 1.807) is 0 Å². The SMILES string of the molecule is Cc1ccc2c(c1)N=C(c1cccc(C)c1O)C2. The van der Waals surface area contributed by atoms with E-state index in [2.05, 4.69) is 30.1 Å². The van der Waals surface area contributed by atoms with Crippen molar-refractivity contribution in [2.75, 3.05) is 0 Å². The van der Waals surface area contributed by atoms with Crippen LogP contribution in [0.4, 0.5) is 5.69 Å². The smallest absolute Gasteiger partial charge is 0.127 e. The molecule has 2 aromatic rings. The van der Waals surface area contributed by atoms with Crippen molar-refractivity contribution in [3.05, 3.63) is 58.7 Å². The highest BCUT2D eigenvalue weighted by atomic mass is 16.3. The Morgan fingerprint density at radius 1 is 1.11 bits per heavy atom. The van der Waals surface area contributed by atoms with E-state index in [0.29, 0.717) is 5.75 Å². The van der Waals surface area contributed by atoms with Crippen LogP contribution in [0.5, 0.6) is 5.75 Å². The molecule has 0 saturated carbocycles. The highest BCUT2D eigenvalue weighted by molar-refractivity contribution is 6.08. The molecule has 2 nitrogen and oxygen atoms in total. The molecule has 0 saturated heterocycles. The summed E-state index contributed by atoms with van der Waals surface area (Å²) in [5, 5.41) is 10.1. The van der Waals surface area contributed by atoms with E-state index in [9.17, 15) is 5.11 Å². The number of nitrogens with zero attached hydrogens (tertiary/aromatic N) is 1. The van der Waals surface area contributed by atoms with E-state index in [1.807, 2.05) is 25.1 Å². The van der Waals surface area contributed by atoms with Crippen molar-refractivity contribution in [2.24, 2.45) is 4.99 Å². The van der Waals surface area contributed by atoms with E-state index >= 15 is 0 Å². The minimum Gasteiger partial charge on any atom is -0.507 e. The fourth-order valence-electron chi connectivity index (χ4n) is 2.34. The summed E-state index contributed by atoms with van der Waals surface area (Å²) in [6.07, 6.45) is 0.798. The number of benzene rings is 2. The van der Waals surface area contributed by atoms with Crippen LogP contribution < -0.4 is 0 Å². The Bertz CT molecular complexity index is 656. The maximum atomic E-state index is 10.1. The predicted molar refractivity (Wildman–Crippen MR) is 73.9 cm³/mol. The maximum absolute atomic E-state index is 10.1. The van der Waals surface area contributed by atoms with E-state index in [-0.39, 0.29) is 0 Å². The number of fused-ring (bicyclic) bond motifs is 1. The fourth-order valence-corrected chi connectivity index (χ4v) is 2.34. The Labute approximate surface area is 107 Å². The van der Waals surface area contributed by atoms with E-state index in [1.165, 1.54) is 11.1 Å². The lowest BCUT2D eigenvalue weighted by Gasteiger charge is -2.06. The van der Waals surface area contributed by atoms with Crippen LogP contribution in [0, 0.1) is 13.8 Å². The second kappa shape index (κ2) is 3.98. The van der Waals surface area contributed by atoms with Crippen LogP contribution in [-0.2, 0) is 6.42 Å². The molecule has 1 heterocycles. The molecule has 18 heavy (non-hydrogen) atoms. The molecule has 0 amide bonds. The molecule has 0 aromatic heterocycles. The van der Waals surface area contributed by atoms with Gasteiger partial charge in [0.25, 0.3) is 0 Å². The summed E-state index contributed by atoms with van der Waals surface area (Å²) < 4.78 is 0. The van der Waals surface area contributed by atoms with E-state index < -0.39 is 0 Å². The molecule has 0 spiro atoms. The molecule has 1 aliphatic heterocycles. The zero-order valence-electron chi connectivity index (χ0n) is 10.6. The molecule has 0 atom stereocenters. The molecule has 0 unspecified atom stereocenters. The third-order valence-electron chi connectivity index (χ3n) is 3.40. The van der Waals surface area contributed by atoms with Crippen molar-refractivity contribution in [3.63, 3.8) is 0 Å².